The summed E-state index contributed by atoms with van der Waals surface area (Å²) in [7, 11) is 0. The lowest BCUT2D eigenvalue weighted by atomic mass is 10.0. The van der Waals surface area contributed by atoms with E-state index in [1.165, 1.54) is 0 Å². The van der Waals surface area contributed by atoms with Gasteiger partial charge in [-0.3, -0.25) is 0 Å². The maximum absolute atomic E-state index is 12.3. The van der Waals surface area contributed by atoms with Crippen LogP contribution in [0.5, 0.6) is 5.75 Å². The molecule has 19 heavy (non-hydrogen) atoms. The zero-order chi connectivity index (χ0) is 13.7. The van der Waals surface area contributed by atoms with Gasteiger partial charge in [-0.25, -0.2) is 0 Å². The van der Waals surface area contributed by atoms with Crippen molar-refractivity contribution in [3.05, 3.63) is 29.8 Å². The number of hydrogen-bond acceptors (Lipinski definition) is 3. The molecular weight excluding hydrogens is 252 g/mol. The van der Waals surface area contributed by atoms with Crippen LogP contribution in [0.2, 0.25) is 0 Å². The van der Waals surface area contributed by atoms with Crippen LogP contribution in [0.15, 0.2) is 24.3 Å². The molecule has 3 nitrogen and oxygen atoms in total. The summed E-state index contributed by atoms with van der Waals surface area (Å²) in [5.74, 6) is 0.726. The molecule has 1 aromatic carbocycles. The Morgan fingerprint density at radius 2 is 2.21 bits per heavy atom. The minimum Gasteiger partial charge on any atom is -0.434 e. The van der Waals surface area contributed by atoms with Crippen LogP contribution in [-0.2, 0) is 11.3 Å². The van der Waals surface area contributed by atoms with Crippen molar-refractivity contribution in [1.82, 2.24) is 5.32 Å². The van der Waals surface area contributed by atoms with Crippen molar-refractivity contribution >= 4 is 0 Å². The second-order valence-corrected chi connectivity index (χ2v) is 4.74. The van der Waals surface area contributed by atoms with Gasteiger partial charge in [-0.15, -0.1) is 0 Å². The Morgan fingerprint density at radius 3 is 2.89 bits per heavy atom. The number of halogens is 2. The van der Waals surface area contributed by atoms with Crippen LogP contribution in [0.4, 0.5) is 8.78 Å². The van der Waals surface area contributed by atoms with Crippen molar-refractivity contribution in [2.75, 3.05) is 13.2 Å². The average molecular weight is 271 g/mol. The molecule has 5 heteroatoms. The van der Waals surface area contributed by atoms with E-state index in [0.717, 1.165) is 25.1 Å². The minimum absolute atomic E-state index is 0.237. The first kappa shape index (κ1) is 14.2. The number of ether oxygens (including phenoxy) is 2. The highest BCUT2D eigenvalue weighted by atomic mass is 19.3. The molecule has 106 valence electrons. The van der Waals surface area contributed by atoms with Gasteiger partial charge < -0.3 is 14.8 Å². The summed E-state index contributed by atoms with van der Waals surface area (Å²) >= 11 is 0. The third kappa shape index (κ3) is 4.14. The van der Waals surface area contributed by atoms with E-state index in [1.54, 1.807) is 18.2 Å². The van der Waals surface area contributed by atoms with Gasteiger partial charge in [0, 0.05) is 25.3 Å². The van der Waals surface area contributed by atoms with E-state index in [2.05, 4.69) is 17.0 Å². The summed E-state index contributed by atoms with van der Waals surface area (Å²) in [6, 6.07) is 6.86. The average Bonchev–Trinajstić information content (AvgIpc) is 2.77. The molecule has 1 aliphatic heterocycles. The van der Waals surface area contributed by atoms with E-state index >= 15 is 0 Å². The van der Waals surface area contributed by atoms with E-state index in [-0.39, 0.29) is 11.9 Å². The molecule has 2 atom stereocenters. The van der Waals surface area contributed by atoms with Crippen molar-refractivity contribution in [2.45, 2.75) is 32.6 Å². The van der Waals surface area contributed by atoms with Gasteiger partial charge in [-0.2, -0.15) is 8.78 Å². The largest absolute Gasteiger partial charge is 0.434 e. The molecule has 1 fully saturated rings. The predicted molar refractivity (Wildman–Crippen MR) is 68.3 cm³/mol. The maximum atomic E-state index is 12.3. The van der Waals surface area contributed by atoms with Crippen LogP contribution >= 0.6 is 0 Å². The van der Waals surface area contributed by atoms with Crippen LogP contribution in [-0.4, -0.2) is 25.9 Å². The fourth-order valence-electron chi connectivity index (χ4n) is 2.30. The SMILES string of the molecule is CC1OCCC1CNCc1ccccc1OC(F)F. The Hall–Kier alpha value is -1.20. The quantitative estimate of drug-likeness (QED) is 0.863. The van der Waals surface area contributed by atoms with Gasteiger partial charge in [0.15, 0.2) is 0 Å². The highest BCUT2D eigenvalue weighted by Gasteiger charge is 2.23. The molecule has 1 saturated heterocycles. The predicted octanol–water partition coefficient (Wildman–Crippen LogP) is 2.80. The van der Waals surface area contributed by atoms with Crippen molar-refractivity contribution < 1.29 is 18.3 Å². The summed E-state index contributed by atoms with van der Waals surface area (Å²) in [6.07, 6.45) is 1.31. The van der Waals surface area contributed by atoms with Crippen molar-refractivity contribution in [3.8, 4) is 5.75 Å². The van der Waals surface area contributed by atoms with Gasteiger partial charge in [0.05, 0.1) is 6.10 Å². The molecule has 0 spiro atoms. The Balaban J connectivity index is 1.85. The molecule has 2 rings (SSSR count). The molecule has 0 amide bonds. The van der Waals surface area contributed by atoms with E-state index < -0.39 is 6.61 Å². The first-order valence-electron chi connectivity index (χ1n) is 6.52. The number of para-hydroxylation sites is 1. The van der Waals surface area contributed by atoms with Gasteiger partial charge in [-0.05, 0) is 25.3 Å². The first-order chi connectivity index (χ1) is 9.16. The molecular formula is C14H19F2NO2. The van der Waals surface area contributed by atoms with Crippen molar-refractivity contribution in [1.29, 1.82) is 0 Å². The summed E-state index contributed by atoms with van der Waals surface area (Å²) in [5.41, 5.74) is 0.745. The summed E-state index contributed by atoms with van der Waals surface area (Å²) in [6.45, 7) is 1.42. The van der Waals surface area contributed by atoms with Crippen LogP contribution < -0.4 is 10.1 Å². The fraction of sp³-hybridized carbons (Fsp3) is 0.571. The Bertz CT molecular complexity index is 401. The topological polar surface area (TPSA) is 30.5 Å². The molecule has 1 aliphatic rings. The Kier molecular flexibility index (Phi) is 5.10. The standard InChI is InChI=1S/C14H19F2NO2/c1-10-11(6-7-18-10)8-17-9-12-4-2-3-5-13(12)19-14(15)16/h2-5,10-11,14,17H,6-9H2,1H3. The monoisotopic (exact) mass is 271 g/mol. The summed E-state index contributed by atoms with van der Waals surface area (Å²) in [4.78, 5) is 0. The molecule has 0 saturated carbocycles. The molecule has 1 aromatic rings. The smallest absolute Gasteiger partial charge is 0.387 e. The van der Waals surface area contributed by atoms with E-state index in [1.807, 2.05) is 6.07 Å². The van der Waals surface area contributed by atoms with Gasteiger partial charge >= 0.3 is 6.61 Å². The maximum Gasteiger partial charge on any atom is 0.387 e. The number of rotatable bonds is 6. The van der Waals surface area contributed by atoms with Gasteiger partial charge in [-0.1, -0.05) is 18.2 Å². The zero-order valence-corrected chi connectivity index (χ0v) is 10.9. The highest BCUT2D eigenvalue weighted by molar-refractivity contribution is 5.33. The summed E-state index contributed by atoms with van der Waals surface area (Å²) < 4.78 is 34.5. The normalized spacial score (nSPS) is 22.9. The Labute approximate surface area is 111 Å². The van der Waals surface area contributed by atoms with Crippen molar-refractivity contribution in [3.63, 3.8) is 0 Å². The molecule has 0 radical (unpaired) electrons. The number of hydrogen-bond donors (Lipinski definition) is 1. The van der Waals surface area contributed by atoms with Gasteiger partial charge in [0.2, 0.25) is 0 Å². The van der Waals surface area contributed by atoms with Crippen LogP contribution in [0, 0.1) is 5.92 Å². The molecule has 1 N–H and O–H groups in total. The van der Waals surface area contributed by atoms with Crippen molar-refractivity contribution in [2.24, 2.45) is 5.92 Å². The van der Waals surface area contributed by atoms with Crippen LogP contribution in [0.25, 0.3) is 0 Å². The van der Waals surface area contributed by atoms with Crippen LogP contribution in [0.1, 0.15) is 18.9 Å². The fourth-order valence-corrected chi connectivity index (χ4v) is 2.30. The lowest BCUT2D eigenvalue weighted by Gasteiger charge is -2.16. The molecule has 0 aliphatic carbocycles. The third-order valence-electron chi connectivity index (χ3n) is 3.44. The van der Waals surface area contributed by atoms with Crippen LogP contribution in [0.3, 0.4) is 0 Å². The minimum atomic E-state index is -2.79. The van der Waals surface area contributed by atoms with Gasteiger partial charge in [0.1, 0.15) is 5.75 Å². The third-order valence-corrected chi connectivity index (χ3v) is 3.44. The molecule has 2 unspecified atom stereocenters. The van der Waals surface area contributed by atoms with E-state index in [4.69, 9.17) is 4.74 Å². The number of nitrogens with one attached hydrogen (secondary N) is 1. The molecule has 1 heterocycles. The second kappa shape index (κ2) is 6.82. The molecule has 0 bridgehead atoms. The lowest BCUT2D eigenvalue weighted by Crippen LogP contribution is -2.26. The van der Waals surface area contributed by atoms with Gasteiger partial charge in [0.25, 0.3) is 0 Å². The highest BCUT2D eigenvalue weighted by Crippen LogP contribution is 2.22. The zero-order valence-electron chi connectivity index (χ0n) is 10.9. The second-order valence-electron chi connectivity index (χ2n) is 4.74. The molecule has 0 aromatic heterocycles. The van der Waals surface area contributed by atoms with E-state index in [9.17, 15) is 8.78 Å². The van der Waals surface area contributed by atoms with E-state index in [0.29, 0.717) is 12.5 Å². The Morgan fingerprint density at radius 1 is 1.42 bits per heavy atom. The number of alkyl halides is 2. The first-order valence-corrected chi connectivity index (χ1v) is 6.52. The lowest BCUT2D eigenvalue weighted by molar-refractivity contribution is -0.0505. The summed E-state index contributed by atoms with van der Waals surface area (Å²) in [5, 5.41) is 3.28. The number of benzene rings is 1.